The van der Waals surface area contributed by atoms with Gasteiger partial charge in [-0.05, 0) is 87.6 Å². The minimum Gasteiger partial charge on any atom is -0.508 e. The summed E-state index contributed by atoms with van der Waals surface area (Å²) in [6.45, 7) is 8.92. The van der Waals surface area contributed by atoms with Gasteiger partial charge in [0.15, 0.2) is 0 Å². The molecule has 0 bridgehead atoms. The molecule has 6 heteroatoms. The Hall–Kier alpha value is -3.35. The fourth-order valence-electron chi connectivity index (χ4n) is 5.81. The van der Waals surface area contributed by atoms with E-state index in [0.717, 1.165) is 42.9 Å². The molecule has 2 aliphatic rings. The molecule has 3 aromatic rings. The molecule has 2 saturated heterocycles. The number of carbonyl (C=O) groups is 1. The van der Waals surface area contributed by atoms with E-state index >= 15 is 0 Å². The Morgan fingerprint density at radius 2 is 1.21 bits per heavy atom. The summed E-state index contributed by atoms with van der Waals surface area (Å²) in [4.78, 5) is 17.1. The van der Waals surface area contributed by atoms with Crippen LogP contribution in [0.15, 0.2) is 72.8 Å². The number of nitrogens with zero attached hydrogens (tertiary/aromatic N) is 2. The zero-order valence-electron chi connectivity index (χ0n) is 25.3. The number of phenolic OH excluding ortho intramolecular Hbond substituents is 2. The topological polar surface area (TPSA) is 76.0 Å². The number of para-hydroxylation sites is 1. The molecule has 0 aliphatic carbocycles. The third-order valence-electron chi connectivity index (χ3n) is 8.45. The van der Waals surface area contributed by atoms with Crippen LogP contribution in [0.25, 0.3) is 0 Å². The van der Waals surface area contributed by atoms with Gasteiger partial charge in [-0.1, -0.05) is 81.1 Å². The van der Waals surface area contributed by atoms with Gasteiger partial charge in [0.25, 0.3) is 5.91 Å². The molecule has 6 nitrogen and oxygen atoms in total. The summed E-state index contributed by atoms with van der Waals surface area (Å²) >= 11 is 0. The molecule has 5 rings (SSSR count). The maximum atomic E-state index is 12.2. The van der Waals surface area contributed by atoms with Crippen LogP contribution in [-0.2, 0) is 13.1 Å². The maximum Gasteiger partial charge on any atom is 0.251 e. The largest absolute Gasteiger partial charge is 0.508 e. The van der Waals surface area contributed by atoms with E-state index in [4.69, 9.17) is 0 Å². The average molecular weight is 572 g/mol. The average Bonchev–Trinajstić information content (AvgIpc) is 3.44. The van der Waals surface area contributed by atoms with Gasteiger partial charge in [0.2, 0.25) is 0 Å². The predicted octanol–water partition coefficient (Wildman–Crippen LogP) is 7.07. The number of phenols is 2. The Labute approximate surface area is 252 Å². The molecule has 42 heavy (non-hydrogen) atoms. The molecule has 2 fully saturated rings. The first kappa shape index (κ1) is 31.6. The summed E-state index contributed by atoms with van der Waals surface area (Å²) in [5.74, 6) is 0.928. The molecule has 0 saturated carbocycles. The SMILES string of the molecule is CC(CNC(=O)c1ccccc1)c1ccc(O)c(CN2CCCCCC2)c1.Oc1ccccc1CN1CCCCCC1. The van der Waals surface area contributed by atoms with E-state index in [0.29, 0.717) is 23.6 Å². The zero-order chi connectivity index (χ0) is 29.6. The standard InChI is InChI=1S/C23H30N2O2.C13H19NO/c1-18(16-24-23(27)19-9-5-4-6-10-19)20-11-12-22(26)21(15-20)17-25-13-7-2-3-8-14-25;15-13-8-4-3-7-12(13)11-14-9-5-1-2-6-10-14/h4-6,9-12,15,18,26H,2-3,7-8,13-14,16-17H2,1H3,(H,24,27);3-4,7-8,15H,1-2,5-6,9-11H2. The van der Waals surface area contributed by atoms with Crippen LogP contribution in [0.3, 0.4) is 0 Å². The second-order valence-electron chi connectivity index (χ2n) is 11.9. The molecule has 2 heterocycles. The van der Waals surface area contributed by atoms with E-state index < -0.39 is 0 Å². The molecule has 0 radical (unpaired) electrons. The minimum atomic E-state index is -0.0500. The molecule has 3 aromatic carbocycles. The number of hydrogen-bond acceptors (Lipinski definition) is 5. The van der Waals surface area contributed by atoms with Crippen molar-refractivity contribution in [2.45, 2.75) is 77.3 Å². The van der Waals surface area contributed by atoms with E-state index in [1.54, 1.807) is 12.1 Å². The lowest BCUT2D eigenvalue weighted by Gasteiger charge is -2.21. The first-order chi connectivity index (χ1) is 20.5. The van der Waals surface area contributed by atoms with Crippen molar-refractivity contribution in [3.05, 3.63) is 95.1 Å². The third kappa shape index (κ3) is 10.2. The van der Waals surface area contributed by atoms with Crippen molar-refractivity contribution in [1.82, 2.24) is 15.1 Å². The van der Waals surface area contributed by atoms with Crippen molar-refractivity contribution < 1.29 is 15.0 Å². The molecular weight excluding hydrogens is 522 g/mol. The fraction of sp³-hybridized carbons (Fsp3) is 0.472. The first-order valence-corrected chi connectivity index (χ1v) is 15.9. The number of carbonyl (C=O) groups excluding carboxylic acids is 1. The molecule has 1 atom stereocenters. The Kier molecular flexibility index (Phi) is 12.7. The fourth-order valence-corrected chi connectivity index (χ4v) is 5.81. The Balaban J connectivity index is 0.000000227. The van der Waals surface area contributed by atoms with Gasteiger partial charge in [-0.2, -0.15) is 0 Å². The normalized spacial score (nSPS) is 17.3. The lowest BCUT2D eigenvalue weighted by Crippen LogP contribution is -2.27. The van der Waals surface area contributed by atoms with Gasteiger partial charge in [0, 0.05) is 36.3 Å². The number of aromatic hydroxyl groups is 2. The Morgan fingerprint density at radius 3 is 1.81 bits per heavy atom. The molecule has 1 amide bonds. The molecule has 0 spiro atoms. The number of rotatable bonds is 8. The zero-order valence-corrected chi connectivity index (χ0v) is 25.3. The van der Waals surface area contributed by atoms with Crippen molar-refractivity contribution in [1.29, 1.82) is 0 Å². The first-order valence-electron chi connectivity index (χ1n) is 15.9. The third-order valence-corrected chi connectivity index (χ3v) is 8.45. The van der Waals surface area contributed by atoms with Gasteiger partial charge in [-0.15, -0.1) is 0 Å². The van der Waals surface area contributed by atoms with Crippen LogP contribution >= 0.6 is 0 Å². The molecule has 226 valence electrons. The maximum absolute atomic E-state index is 12.2. The highest BCUT2D eigenvalue weighted by molar-refractivity contribution is 5.94. The van der Waals surface area contributed by atoms with Crippen LogP contribution in [0, 0.1) is 0 Å². The number of benzene rings is 3. The lowest BCUT2D eigenvalue weighted by molar-refractivity contribution is 0.0951. The van der Waals surface area contributed by atoms with Gasteiger partial charge < -0.3 is 15.5 Å². The van der Waals surface area contributed by atoms with Gasteiger partial charge >= 0.3 is 0 Å². The summed E-state index contributed by atoms with van der Waals surface area (Å²) in [7, 11) is 0. The molecule has 1 unspecified atom stereocenters. The highest BCUT2D eigenvalue weighted by atomic mass is 16.3. The summed E-state index contributed by atoms with van der Waals surface area (Å²) in [6, 6.07) is 22.8. The highest BCUT2D eigenvalue weighted by Gasteiger charge is 2.15. The summed E-state index contributed by atoms with van der Waals surface area (Å²) in [5, 5.41) is 23.0. The van der Waals surface area contributed by atoms with E-state index in [1.165, 1.54) is 64.5 Å². The monoisotopic (exact) mass is 571 g/mol. The van der Waals surface area contributed by atoms with Crippen LogP contribution in [0.4, 0.5) is 0 Å². The molecule has 2 aliphatic heterocycles. The van der Waals surface area contributed by atoms with Gasteiger partial charge in [0.05, 0.1) is 0 Å². The highest BCUT2D eigenvalue weighted by Crippen LogP contribution is 2.26. The van der Waals surface area contributed by atoms with Crippen molar-refractivity contribution >= 4 is 5.91 Å². The number of nitrogens with one attached hydrogen (secondary N) is 1. The Bertz CT molecular complexity index is 1220. The molecule has 0 aromatic heterocycles. The summed E-state index contributed by atoms with van der Waals surface area (Å²) < 4.78 is 0. The van der Waals surface area contributed by atoms with Crippen LogP contribution in [0.2, 0.25) is 0 Å². The summed E-state index contributed by atoms with van der Waals surface area (Å²) in [5.41, 5.74) is 3.86. The minimum absolute atomic E-state index is 0.0500. The van der Waals surface area contributed by atoms with Crippen molar-refractivity contribution in [2.75, 3.05) is 32.7 Å². The van der Waals surface area contributed by atoms with E-state index in [2.05, 4.69) is 28.1 Å². The number of likely N-dealkylation sites (tertiary alicyclic amines) is 2. The van der Waals surface area contributed by atoms with E-state index in [-0.39, 0.29) is 11.8 Å². The van der Waals surface area contributed by atoms with Crippen LogP contribution in [0.5, 0.6) is 11.5 Å². The van der Waals surface area contributed by atoms with Crippen molar-refractivity contribution in [3.8, 4) is 11.5 Å². The van der Waals surface area contributed by atoms with E-state index in [9.17, 15) is 15.0 Å². The van der Waals surface area contributed by atoms with Crippen molar-refractivity contribution in [2.24, 2.45) is 0 Å². The summed E-state index contributed by atoms with van der Waals surface area (Å²) in [6.07, 6.45) is 10.4. The van der Waals surface area contributed by atoms with E-state index in [1.807, 2.05) is 54.6 Å². The van der Waals surface area contributed by atoms with Gasteiger partial charge in [-0.3, -0.25) is 14.6 Å². The molecular formula is C36H49N3O3. The van der Waals surface area contributed by atoms with Crippen molar-refractivity contribution in [3.63, 3.8) is 0 Å². The van der Waals surface area contributed by atoms with Gasteiger partial charge in [0.1, 0.15) is 11.5 Å². The predicted molar refractivity (Wildman–Crippen MR) is 171 cm³/mol. The quantitative estimate of drug-likeness (QED) is 0.270. The smallest absolute Gasteiger partial charge is 0.251 e. The molecule has 3 N–H and O–H groups in total. The second-order valence-corrected chi connectivity index (χ2v) is 11.9. The van der Waals surface area contributed by atoms with Gasteiger partial charge in [-0.25, -0.2) is 0 Å². The van der Waals surface area contributed by atoms with Crippen LogP contribution in [0.1, 0.15) is 91.3 Å². The number of hydrogen-bond donors (Lipinski definition) is 3. The number of amides is 1. The second kappa shape index (κ2) is 16.9. The Morgan fingerprint density at radius 1 is 0.690 bits per heavy atom. The lowest BCUT2D eigenvalue weighted by atomic mass is 9.98. The van der Waals surface area contributed by atoms with Crippen LogP contribution < -0.4 is 5.32 Å². The van der Waals surface area contributed by atoms with Crippen LogP contribution in [-0.4, -0.2) is 58.6 Å².